The third-order valence-electron chi connectivity index (χ3n) is 3.35. The topological polar surface area (TPSA) is 102 Å². The summed E-state index contributed by atoms with van der Waals surface area (Å²) in [5.41, 5.74) is 0. The Morgan fingerprint density at radius 3 is 2.90 bits per heavy atom. The van der Waals surface area contributed by atoms with Crippen molar-refractivity contribution < 1.29 is 17.6 Å². The summed E-state index contributed by atoms with van der Waals surface area (Å²) in [6.45, 7) is 3.94. The molecule has 0 aliphatic carbocycles. The standard InChI is InChI=1S/C12H19N3O4S2/c1-3-8(2)13-10(16)6-20-12-15-14-11(19-12)9-4-5-21(17,18)7-9/h8-9H,3-7H2,1-2H3,(H,13,16)/t8-,9+/m0/s1. The van der Waals surface area contributed by atoms with Crippen molar-refractivity contribution in [3.8, 4) is 0 Å². The first kappa shape index (κ1) is 16.3. The van der Waals surface area contributed by atoms with Gasteiger partial charge in [-0.15, -0.1) is 10.2 Å². The van der Waals surface area contributed by atoms with Crippen LogP contribution >= 0.6 is 11.8 Å². The Morgan fingerprint density at radius 1 is 1.52 bits per heavy atom. The summed E-state index contributed by atoms with van der Waals surface area (Å²) in [4.78, 5) is 11.6. The first-order chi connectivity index (χ1) is 9.89. The fraction of sp³-hybridized carbons (Fsp3) is 0.750. The summed E-state index contributed by atoms with van der Waals surface area (Å²) in [7, 11) is -2.98. The second-order valence-corrected chi connectivity index (χ2v) is 8.33. The number of amides is 1. The molecule has 1 fully saturated rings. The maximum atomic E-state index is 11.6. The Labute approximate surface area is 128 Å². The van der Waals surface area contributed by atoms with Gasteiger partial charge >= 0.3 is 0 Å². The number of hydrogen-bond acceptors (Lipinski definition) is 7. The lowest BCUT2D eigenvalue weighted by Crippen LogP contribution is -2.33. The van der Waals surface area contributed by atoms with Crippen molar-refractivity contribution in [3.63, 3.8) is 0 Å². The third-order valence-corrected chi connectivity index (χ3v) is 5.94. The Hall–Kier alpha value is -1.09. The zero-order valence-corrected chi connectivity index (χ0v) is 13.7. The molecular formula is C12H19N3O4S2. The Kier molecular flexibility index (Phi) is 5.26. The molecule has 2 heterocycles. The van der Waals surface area contributed by atoms with Crippen molar-refractivity contribution >= 4 is 27.5 Å². The van der Waals surface area contributed by atoms with Gasteiger partial charge in [0, 0.05) is 6.04 Å². The van der Waals surface area contributed by atoms with E-state index in [0.29, 0.717) is 17.5 Å². The summed E-state index contributed by atoms with van der Waals surface area (Å²) in [5.74, 6) is 0.479. The maximum Gasteiger partial charge on any atom is 0.277 e. The summed E-state index contributed by atoms with van der Waals surface area (Å²) in [6.07, 6.45) is 1.39. The SMILES string of the molecule is CC[C@H](C)NC(=O)CSc1nnc([C@@H]2CCS(=O)(=O)C2)o1. The normalized spacial score (nSPS) is 22.1. The summed E-state index contributed by atoms with van der Waals surface area (Å²) in [6, 6.07) is 0.139. The van der Waals surface area contributed by atoms with Gasteiger partial charge in [-0.25, -0.2) is 8.42 Å². The van der Waals surface area contributed by atoms with Crippen LogP contribution in [-0.4, -0.2) is 47.8 Å². The molecule has 0 unspecified atom stereocenters. The van der Waals surface area contributed by atoms with Crippen molar-refractivity contribution in [1.82, 2.24) is 15.5 Å². The molecule has 9 heteroatoms. The largest absolute Gasteiger partial charge is 0.416 e. The maximum absolute atomic E-state index is 11.6. The monoisotopic (exact) mass is 333 g/mol. The minimum absolute atomic E-state index is 0.0633. The number of nitrogens with zero attached hydrogens (tertiary/aromatic N) is 2. The van der Waals surface area contributed by atoms with Gasteiger partial charge in [-0.1, -0.05) is 18.7 Å². The number of aromatic nitrogens is 2. The van der Waals surface area contributed by atoms with Crippen molar-refractivity contribution in [3.05, 3.63) is 5.89 Å². The predicted octanol–water partition coefficient (Wildman–Crippen LogP) is 0.979. The number of sulfone groups is 1. The highest BCUT2D eigenvalue weighted by atomic mass is 32.2. The first-order valence-corrected chi connectivity index (χ1v) is 9.66. The van der Waals surface area contributed by atoms with E-state index in [2.05, 4.69) is 15.5 Å². The van der Waals surface area contributed by atoms with E-state index < -0.39 is 9.84 Å². The van der Waals surface area contributed by atoms with Gasteiger partial charge in [0.05, 0.1) is 23.2 Å². The van der Waals surface area contributed by atoms with E-state index in [0.717, 1.165) is 18.2 Å². The van der Waals surface area contributed by atoms with Gasteiger partial charge in [-0.3, -0.25) is 4.79 Å². The summed E-state index contributed by atoms with van der Waals surface area (Å²) in [5, 5.41) is 10.9. The van der Waals surface area contributed by atoms with E-state index in [1.165, 1.54) is 0 Å². The zero-order chi connectivity index (χ0) is 15.5. The van der Waals surface area contributed by atoms with E-state index in [1.54, 1.807) is 0 Å². The van der Waals surface area contributed by atoms with Crippen LogP contribution in [0.25, 0.3) is 0 Å². The van der Waals surface area contributed by atoms with Crippen LogP contribution in [0.4, 0.5) is 0 Å². The molecule has 1 aromatic rings. The molecule has 0 aromatic carbocycles. The minimum Gasteiger partial charge on any atom is -0.416 e. The van der Waals surface area contributed by atoms with E-state index in [1.807, 2.05) is 13.8 Å². The van der Waals surface area contributed by atoms with Crippen LogP contribution in [0.2, 0.25) is 0 Å². The number of rotatable bonds is 6. The molecule has 0 spiro atoms. The molecule has 118 valence electrons. The van der Waals surface area contributed by atoms with Crippen molar-refractivity contribution in [2.45, 2.75) is 43.9 Å². The minimum atomic E-state index is -2.98. The second-order valence-electron chi connectivity index (χ2n) is 5.17. The van der Waals surface area contributed by atoms with Crippen LogP contribution in [0.5, 0.6) is 0 Å². The predicted molar refractivity (Wildman–Crippen MR) is 78.9 cm³/mol. The van der Waals surface area contributed by atoms with Gasteiger partial charge in [0.1, 0.15) is 0 Å². The van der Waals surface area contributed by atoms with Crippen molar-refractivity contribution in [2.75, 3.05) is 17.3 Å². The highest BCUT2D eigenvalue weighted by Crippen LogP contribution is 2.29. The summed E-state index contributed by atoms with van der Waals surface area (Å²) < 4.78 is 28.3. The van der Waals surface area contributed by atoms with Crippen LogP contribution in [-0.2, 0) is 14.6 Å². The molecule has 7 nitrogen and oxygen atoms in total. The number of hydrogen-bond donors (Lipinski definition) is 1. The van der Waals surface area contributed by atoms with Crippen molar-refractivity contribution in [1.29, 1.82) is 0 Å². The molecule has 1 aliphatic heterocycles. The van der Waals surface area contributed by atoms with E-state index in [4.69, 9.17) is 4.42 Å². The Morgan fingerprint density at radius 2 is 2.29 bits per heavy atom. The third kappa shape index (κ3) is 4.70. The fourth-order valence-corrected chi connectivity index (χ4v) is 4.29. The molecule has 0 bridgehead atoms. The van der Waals surface area contributed by atoms with Gasteiger partial charge in [-0.2, -0.15) is 0 Å². The molecule has 0 saturated carbocycles. The van der Waals surface area contributed by atoms with Gasteiger partial charge in [0.25, 0.3) is 5.22 Å². The van der Waals surface area contributed by atoms with E-state index in [-0.39, 0.29) is 35.1 Å². The van der Waals surface area contributed by atoms with Crippen LogP contribution < -0.4 is 5.32 Å². The number of carbonyl (C=O) groups excluding carboxylic acids is 1. The molecule has 21 heavy (non-hydrogen) atoms. The molecule has 2 rings (SSSR count). The average molecular weight is 333 g/mol. The van der Waals surface area contributed by atoms with Gasteiger partial charge < -0.3 is 9.73 Å². The van der Waals surface area contributed by atoms with E-state index >= 15 is 0 Å². The quantitative estimate of drug-likeness (QED) is 0.774. The van der Waals surface area contributed by atoms with Gasteiger partial charge in [0.15, 0.2) is 9.84 Å². The van der Waals surface area contributed by atoms with E-state index in [9.17, 15) is 13.2 Å². The van der Waals surface area contributed by atoms with Gasteiger partial charge in [-0.05, 0) is 19.8 Å². The molecule has 2 atom stereocenters. The molecule has 1 saturated heterocycles. The highest BCUT2D eigenvalue weighted by molar-refractivity contribution is 7.99. The van der Waals surface area contributed by atoms with Crippen LogP contribution in [0.15, 0.2) is 9.64 Å². The summed E-state index contributed by atoms with van der Waals surface area (Å²) >= 11 is 1.16. The van der Waals surface area contributed by atoms with Crippen LogP contribution in [0.3, 0.4) is 0 Å². The Bertz CT molecular complexity index is 599. The lowest BCUT2D eigenvalue weighted by Gasteiger charge is -2.09. The second kappa shape index (κ2) is 6.78. The lowest BCUT2D eigenvalue weighted by molar-refractivity contribution is -0.119. The van der Waals surface area contributed by atoms with Crippen molar-refractivity contribution in [2.24, 2.45) is 0 Å². The molecule has 1 aromatic heterocycles. The molecule has 1 N–H and O–H groups in total. The first-order valence-electron chi connectivity index (χ1n) is 6.85. The number of carbonyl (C=O) groups is 1. The zero-order valence-electron chi connectivity index (χ0n) is 12.0. The number of thioether (sulfide) groups is 1. The van der Waals surface area contributed by atoms with Gasteiger partial charge in [0.2, 0.25) is 11.8 Å². The molecule has 1 amide bonds. The average Bonchev–Trinajstić information content (AvgIpc) is 3.02. The molecule has 0 radical (unpaired) electrons. The van der Waals surface area contributed by atoms with Crippen LogP contribution in [0.1, 0.15) is 38.5 Å². The lowest BCUT2D eigenvalue weighted by atomic mass is 10.1. The highest BCUT2D eigenvalue weighted by Gasteiger charge is 2.32. The smallest absolute Gasteiger partial charge is 0.277 e. The van der Waals surface area contributed by atoms with Crippen LogP contribution in [0, 0.1) is 0 Å². The Balaban J connectivity index is 1.85. The number of nitrogens with one attached hydrogen (secondary N) is 1. The molecular weight excluding hydrogens is 314 g/mol. The molecule has 1 aliphatic rings. The fourth-order valence-electron chi connectivity index (χ4n) is 1.98.